The summed E-state index contributed by atoms with van der Waals surface area (Å²) >= 11 is 0. The molecule has 0 saturated carbocycles. The Morgan fingerprint density at radius 3 is 2.47 bits per heavy atom. The molecule has 0 unspecified atom stereocenters. The lowest BCUT2D eigenvalue weighted by atomic mass is 10.0. The van der Waals surface area contributed by atoms with E-state index in [2.05, 4.69) is 15.2 Å². The van der Waals surface area contributed by atoms with Crippen LogP contribution in [0.3, 0.4) is 0 Å². The quantitative estimate of drug-likeness (QED) is 0.366. The highest BCUT2D eigenvalue weighted by molar-refractivity contribution is 7.92. The molecule has 9 nitrogen and oxygen atoms in total. The largest absolute Gasteiger partial charge is 0.457 e. The number of anilines is 2. The van der Waals surface area contributed by atoms with Crippen molar-refractivity contribution in [2.45, 2.75) is 40.5 Å². The maximum absolute atomic E-state index is 12.4. The molecule has 2 N–H and O–H groups in total. The number of aryl methyl sites for hydroxylation is 3. The minimum Gasteiger partial charge on any atom is -0.457 e. The van der Waals surface area contributed by atoms with E-state index in [1.807, 2.05) is 38.9 Å². The van der Waals surface area contributed by atoms with E-state index in [1.165, 1.54) is 0 Å². The van der Waals surface area contributed by atoms with Crippen molar-refractivity contribution in [3.63, 3.8) is 0 Å². The van der Waals surface area contributed by atoms with Crippen LogP contribution in [-0.4, -0.2) is 50.8 Å². The summed E-state index contributed by atoms with van der Waals surface area (Å²) in [5.41, 5.74) is 4.10. The van der Waals surface area contributed by atoms with Crippen LogP contribution in [0.5, 0.6) is 11.5 Å². The summed E-state index contributed by atoms with van der Waals surface area (Å²) in [6, 6.07) is 10.6. The third-order valence-electron chi connectivity index (χ3n) is 5.61. The van der Waals surface area contributed by atoms with Crippen LogP contribution in [0.4, 0.5) is 11.4 Å². The van der Waals surface area contributed by atoms with E-state index in [9.17, 15) is 13.2 Å². The van der Waals surface area contributed by atoms with Gasteiger partial charge in [0.25, 0.3) is 0 Å². The summed E-state index contributed by atoms with van der Waals surface area (Å²) in [6.45, 7) is 7.94. The van der Waals surface area contributed by atoms with E-state index >= 15 is 0 Å². The molecule has 10 heteroatoms. The minimum atomic E-state index is -3.50. The average Bonchev–Trinajstić information content (AvgIpc) is 3.13. The van der Waals surface area contributed by atoms with Gasteiger partial charge in [-0.2, -0.15) is 0 Å². The van der Waals surface area contributed by atoms with Gasteiger partial charge in [0, 0.05) is 29.8 Å². The van der Waals surface area contributed by atoms with Gasteiger partial charge in [-0.1, -0.05) is 11.2 Å². The second kappa shape index (κ2) is 11.6. The van der Waals surface area contributed by atoms with Crippen LogP contribution >= 0.6 is 0 Å². The lowest BCUT2D eigenvalue weighted by Crippen LogP contribution is -2.17. The molecule has 1 aromatic heterocycles. The Morgan fingerprint density at radius 2 is 1.83 bits per heavy atom. The van der Waals surface area contributed by atoms with Crippen molar-refractivity contribution in [2.75, 3.05) is 36.4 Å². The molecular formula is C26H34N4O5S. The first-order valence-electron chi connectivity index (χ1n) is 11.8. The molecule has 0 aliphatic carbocycles. The monoisotopic (exact) mass is 514 g/mol. The van der Waals surface area contributed by atoms with E-state index in [0.717, 1.165) is 24.1 Å². The molecule has 0 atom stereocenters. The van der Waals surface area contributed by atoms with E-state index in [-0.39, 0.29) is 11.7 Å². The topological polar surface area (TPSA) is 114 Å². The summed E-state index contributed by atoms with van der Waals surface area (Å²) in [7, 11) is 0.447. The Hall–Kier alpha value is -3.37. The first kappa shape index (κ1) is 27.2. The highest BCUT2D eigenvalue weighted by Gasteiger charge is 2.16. The summed E-state index contributed by atoms with van der Waals surface area (Å²) in [5, 5.41) is 6.97. The van der Waals surface area contributed by atoms with Crippen LogP contribution in [0.2, 0.25) is 0 Å². The Bertz CT molecular complexity index is 1310. The Kier molecular flexibility index (Phi) is 8.75. The number of hydrogen-bond donors (Lipinski definition) is 2. The van der Waals surface area contributed by atoms with Gasteiger partial charge >= 0.3 is 0 Å². The van der Waals surface area contributed by atoms with Gasteiger partial charge in [-0.25, -0.2) is 8.42 Å². The lowest BCUT2D eigenvalue weighted by molar-refractivity contribution is -0.116. The molecule has 1 amide bonds. The smallest absolute Gasteiger partial charge is 0.232 e. The molecule has 0 aliphatic rings. The van der Waals surface area contributed by atoms with Gasteiger partial charge < -0.3 is 19.5 Å². The van der Waals surface area contributed by atoms with Crippen LogP contribution < -0.4 is 14.8 Å². The van der Waals surface area contributed by atoms with Crippen LogP contribution in [-0.2, 0) is 14.8 Å². The molecule has 0 bridgehead atoms. The number of ether oxygens (including phenoxy) is 1. The fraction of sp³-hybridized carbons (Fsp3) is 0.385. The molecule has 0 radical (unpaired) electrons. The maximum Gasteiger partial charge on any atom is 0.232 e. The van der Waals surface area contributed by atoms with Crippen molar-refractivity contribution in [1.82, 2.24) is 10.1 Å². The number of rotatable bonds is 11. The molecule has 194 valence electrons. The number of carbonyl (C=O) groups excluding carboxylic acids is 1. The van der Waals surface area contributed by atoms with E-state index < -0.39 is 10.0 Å². The lowest BCUT2D eigenvalue weighted by Gasteiger charge is -2.15. The van der Waals surface area contributed by atoms with E-state index in [0.29, 0.717) is 46.3 Å². The molecule has 1 heterocycles. The number of carbonyl (C=O) groups is 1. The van der Waals surface area contributed by atoms with Crippen molar-refractivity contribution in [3.8, 4) is 22.6 Å². The van der Waals surface area contributed by atoms with Gasteiger partial charge in [0.05, 0.1) is 17.1 Å². The fourth-order valence-corrected chi connectivity index (χ4v) is 4.33. The summed E-state index contributed by atoms with van der Waals surface area (Å²) in [6.07, 6.45) is 1.18. The molecule has 36 heavy (non-hydrogen) atoms. The second-order valence-corrected chi connectivity index (χ2v) is 11.0. The molecule has 3 aromatic rings. The third kappa shape index (κ3) is 7.32. The molecular weight excluding hydrogens is 480 g/mol. The van der Waals surface area contributed by atoms with Gasteiger partial charge in [0.2, 0.25) is 15.9 Å². The second-order valence-electron chi connectivity index (χ2n) is 8.98. The zero-order valence-electron chi connectivity index (χ0n) is 21.6. The highest BCUT2D eigenvalue weighted by atomic mass is 32.2. The van der Waals surface area contributed by atoms with Crippen LogP contribution in [0.1, 0.15) is 36.8 Å². The van der Waals surface area contributed by atoms with Crippen LogP contribution in [0, 0.1) is 20.8 Å². The predicted molar refractivity (Wildman–Crippen MR) is 142 cm³/mol. The van der Waals surface area contributed by atoms with Gasteiger partial charge in [0.15, 0.2) is 0 Å². The molecule has 3 rings (SSSR count). The average molecular weight is 515 g/mol. The number of aromatic nitrogens is 1. The molecule has 0 saturated heterocycles. The van der Waals surface area contributed by atoms with Gasteiger partial charge in [-0.05, 0) is 84.1 Å². The Balaban J connectivity index is 1.90. The first-order valence-corrected chi connectivity index (χ1v) is 13.4. The van der Waals surface area contributed by atoms with Gasteiger partial charge in [-0.3, -0.25) is 9.52 Å². The number of hydrogen-bond acceptors (Lipinski definition) is 7. The number of sulfonamides is 1. The Labute approximate surface area is 212 Å². The Morgan fingerprint density at radius 1 is 1.08 bits per heavy atom. The molecule has 0 fully saturated rings. The minimum absolute atomic E-state index is 0.0612. The summed E-state index contributed by atoms with van der Waals surface area (Å²) in [4.78, 5) is 14.5. The highest BCUT2D eigenvalue weighted by Crippen LogP contribution is 2.35. The summed E-state index contributed by atoms with van der Waals surface area (Å²) in [5.74, 6) is 1.42. The van der Waals surface area contributed by atoms with Crippen molar-refractivity contribution in [3.05, 3.63) is 53.4 Å². The van der Waals surface area contributed by atoms with Crippen molar-refractivity contribution in [2.24, 2.45) is 0 Å². The zero-order valence-corrected chi connectivity index (χ0v) is 22.5. The standard InChI is InChI=1S/C26H34N4O5S/c1-7-36(32,33)29-21-13-20(26-18(3)28-35-19(26)4)14-23(15-21)34-22-11-10-17(2)24(16-22)27-25(31)9-8-12-30(5)6/h10-11,13-16,29H,7-9,12H2,1-6H3,(H,27,31). The van der Waals surface area contributed by atoms with Gasteiger partial charge in [0.1, 0.15) is 17.3 Å². The van der Waals surface area contributed by atoms with Gasteiger partial charge in [-0.15, -0.1) is 0 Å². The maximum atomic E-state index is 12.4. The van der Waals surface area contributed by atoms with E-state index in [1.54, 1.807) is 44.2 Å². The first-order chi connectivity index (χ1) is 17.0. The third-order valence-corrected chi connectivity index (χ3v) is 6.92. The number of amides is 1. The normalized spacial score (nSPS) is 11.5. The van der Waals surface area contributed by atoms with E-state index in [4.69, 9.17) is 9.26 Å². The molecule has 0 spiro atoms. The number of nitrogens with zero attached hydrogens (tertiary/aromatic N) is 2. The summed E-state index contributed by atoms with van der Waals surface area (Å²) < 4.78 is 38.5. The van der Waals surface area contributed by atoms with Crippen LogP contribution in [0.15, 0.2) is 40.9 Å². The zero-order chi connectivity index (χ0) is 26.5. The molecule has 2 aromatic carbocycles. The predicted octanol–water partition coefficient (Wildman–Crippen LogP) is 5.10. The van der Waals surface area contributed by atoms with Crippen molar-refractivity contribution in [1.29, 1.82) is 0 Å². The van der Waals surface area contributed by atoms with Crippen molar-refractivity contribution >= 4 is 27.3 Å². The van der Waals surface area contributed by atoms with Crippen molar-refractivity contribution < 1.29 is 22.5 Å². The number of benzene rings is 2. The SMILES string of the molecule is CCS(=O)(=O)Nc1cc(Oc2ccc(C)c(NC(=O)CCCN(C)C)c2)cc(-c2c(C)noc2C)c1. The van der Waals surface area contributed by atoms with Crippen LogP contribution in [0.25, 0.3) is 11.1 Å². The fourth-order valence-electron chi connectivity index (χ4n) is 3.71. The number of nitrogens with one attached hydrogen (secondary N) is 2. The molecule has 0 aliphatic heterocycles.